The fourth-order valence-electron chi connectivity index (χ4n) is 2.85. The van der Waals surface area contributed by atoms with Gasteiger partial charge in [0.2, 0.25) is 4.96 Å². The van der Waals surface area contributed by atoms with E-state index in [-0.39, 0.29) is 0 Å². The Labute approximate surface area is 175 Å². The topological polar surface area (TPSA) is 61.5 Å². The number of benzene rings is 2. The summed E-state index contributed by atoms with van der Waals surface area (Å²) in [5, 5.41) is 15.0. The van der Waals surface area contributed by atoms with Gasteiger partial charge in [-0.2, -0.15) is 9.61 Å². The van der Waals surface area contributed by atoms with E-state index in [2.05, 4.69) is 15.3 Å². The Morgan fingerprint density at radius 2 is 1.75 bits per heavy atom. The molecule has 9 heteroatoms. The van der Waals surface area contributed by atoms with Gasteiger partial charge in [0.25, 0.3) is 0 Å². The Kier molecular flexibility index (Phi) is 5.39. The van der Waals surface area contributed by atoms with Gasteiger partial charge in [-0.25, -0.2) is 0 Å². The van der Waals surface area contributed by atoms with Crippen LogP contribution in [0.5, 0.6) is 11.5 Å². The van der Waals surface area contributed by atoms with Crippen molar-refractivity contribution in [3.8, 4) is 22.1 Å². The van der Waals surface area contributed by atoms with Crippen molar-refractivity contribution >= 4 is 39.5 Å². The highest BCUT2D eigenvalue weighted by Crippen LogP contribution is 2.31. The molecular formula is C19H16Cl2N4O2S. The van der Waals surface area contributed by atoms with Crippen molar-refractivity contribution in [3.05, 3.63) is 57.8 Å². The average Bonchev–Trinajstić information content (AvgIpc) is 3.29. The molecule has 0 saturated carbocycles. The van der Waals surface area contributed by atoms with Gasteiger partial charge in [0.05, 0.1) is 24.3 Å². The minimum Gasteiger partial charge on any atom is -0.493 e. The van der Waals surface area contributed by atoms with Crippen LogP contribution >= 0.6 is 34.5 Å². The maximum absolute atomic E-state index is 6.12. The third-order valence-electron chi connectivity index (χ3n) is 4.31. The molecule has 0 amide bonds. The van der Waals surface area contributed by atoms with E-state index in [4.69, 9.17) is 32.7 Å². The number of nitrogens with zero attached hydrogens (tertiary/aromatic N) is 4. The first kappa shape index (κ1) is 19.0. The minimum absolute atomic E-state index is 0.499. The third kappa shape index (κ3) is 3.65. The van der Waals surface area contributed by atoms with E-state index in [1.165, 1.54) is 11.3 Å². The molecule has 2 aromatic heterocycles. The molecule has 0 aliphatic carbocycles. The van der Waals surface area contributed by atoms with E-state index >= 15 is 0 Å². The molecule has 0 radical (unpaired) electrons. The van der Waals surface area contributed by atoms with E-state index in [0.29, 0.717) is 28.0 Å². The molecule has 0 spiro atoms. The average molecular weight is 435 g/mol. The Morgan fingerprint density at radius 3 is 2.50 bits per heavy atom. The first-order valence-electron chi connectivity index (χ1n) is 8.46. The molecule has 0 N–H and O–H groups in total. The monoisotopic (exact) mass is 434 g/mol. The Hall–Kier alpha value is -2.35. The van der Waals surface area contributed by atoms with E-state index in [9.17, 15) is 0 Å². The van der Waals surface area contributed by atoms with Crippen LogP contribution in [0.2, 0.25) is 10.0 Å². The summed E-state index contributed by atoms with van der Waals surface area (Å²) in [6.07, 6.45) is 1.47. The lowest BCUT2D eigenvalue weighted by Gasteiger charge is -2.09. The molecule has 0 unspecified atom stereocenters. The van der Waals surface area contributed by atoms with Crippen LogP contribution in [0.25, 0.3) is 15.5 Å². The summed E-state index contributed by atoms with van der Waals surface area (Å²) in [6, 6.07) is 11.3. The number of hydrogen-bond donors (Lipinski definition) is 0. The van der Waals surface area contributed by atoms with Crippen molar-refractivity contribution in [2.45, 2.75) is 12.8 Å². The summed E-state index contributed by atoms with van der Waals surface area (Å²) in [7, 11) is 3.25. The highest BCUT2D eigenvalue weighted by atomic mass is 35.5. The van der Waals surface area contributed by atoms with E-state index in [0.717, 1.165) is 33.3 Å². The molecule has 144 valence electrons. The number of aryl methyl sites for hydroxylation is 2. The van der Waals surface area contributed by atoms with Crippen LogP contribution in [0, 0.1) is 0 Å². The molecule has 2 aromatic carbocycles. The SMILES string of the molecule is COc1ccc(CCc2nnc3sc(-c4ccc(Cl)c(Cl)c4)nn23)cc1OC. The Morgan fingerprint density at radius 1 is 0.929 bits per heavy atom. The predicted octanol–water partition coefficient (Wildman–Crippen LogP) is 4.96. The number of aromatic nitrogens is 4. The number of methoxy groups -OCH3 is 2. The number of ether oxygens (including phenoxy) is 2. The molecule has 4 aromatic rings. The van der Waals surface area contributed by atoms with Gasteiger partial charge in [-0.05, 0) is 36.2 Å². The summed E-state index contributed by atoms with van der Waals surface area (Å²) in [5.74, 6) is 2.22. The Balaban J connectivity index is 1.56. The van der Waals surface area contributed by atoms with Crippen LogP contribution in [0.3, 0.4) is 0 Å². The van der Waals surface area contributed by atoms with Crippen molar-refractivity contribution in [2.24, 2.45) is 0 Å². The second-order valence-corrected chi connectivity index (χ2v) is 7.81. The van der Waals surface area contributed by atoms with E-state index in [1.54, 1.807) is 30.9 Å². The first-order chi connectivity index (χ1) is 13.6. The molecule has 0 fully saturated rings. The zero-order valence-electron chi connectivity index (χ0n) is 15.1. The molecule has 28 heavy (non-hydrogen) atoms. The quantitative estimate of drug-likeness (QED) is 0.428. The van der Waals surface area contributed by atoms with Crippen LogP contribution < -0.4 is 9.47 Å². The van der Waals surface area contributed by atoms with Crippen LogP contribution in [-0.4, -0.2) is 34.0 Å². The molecule has 6 nitrogen and oxygen atoms in total. The lowest BCUT2D eigenvalue weighted by Crippen LogP contribution is -2.00. The van der Waals surface area contributed by atoms with Crippen LogP contribution in [0.1, 0.15) is 11.4 Å². The summed E-state index contributed by atoms with van der Waals surface area (Å²) in [5.41, 5.74) is 2.02. The minimum atomic E-state index is 0.499. The number of rotatable bonds is 6. The zero-order chi connectivity index (χ0) is 19.7. The van der Waals surface area contributed by atoms with Gasteiger partial charge in [-0.15, -0.1) is 10.2 Å². The molecule has 0 atom stereocenters. The highest BCUT2D eigenvalue weighted by molar-refractivity contribution is 7.19. The van der Waals surface area contributed by atoms with E-state index < -0.39 is 0 Å². The van der Waals surface area contributed by atoms with Gasteiger partial charge in [0.15, 0.2) is 17.3 Å². The zero-order valence-corrected chi connectivity index (χ0v) is 17.5. The fourth-order valence-corrected chi connectivity index (χ4v) is 4.00. The highest BCUT2D eigenvalue weighted by Gasteiger charge is 2.14. The van der Waals surface area contributed by atoms with Gasteiger partial charge in [0.1, 0.15) is 5.01 Å². The summed E-state index contributed by atoms with van der Waals surface area (Å²) >= 11 is 13.6. The molecule has 2 heterocycles. The molecule has 0 saturated heterocycles. The van der Waals surface area contributed by atoms with Gasteiger partial charge in [0, 0.05) is 12.0 Å². The number of halogens is 2. The standard InChI is InChI=1S/C19H16Cl2N4O2S/c1-26-15-7-3-11(9-16(15)27-2)4-8-17-22-23-19-25(17)24-18(28-19)12-5-6-13(20)14(21)10-12/h3,5-7,9-10H,4,8H2,1-2H3. The molecule has 0 bridgehead atoms. The molecule has 0 aliphatic rings. The van der Waals surface area contributed by atoms with Gasteiger partial charge in [-0.1, -0.05) is 46.7 Å². The fraction of sp³-hybridized carbons (Fsp3) is 0.211. The van der Waals surface area contributed by atoms with Crippen LogP contribution in [-0.2, 0) is 12.8 Å². The normalized spacial score (nSPS) is 11.1. The second-order valence-electron chi connectivity index (χ2n) is 6.04. The summed E-state index contributed by atoms with van der Waals surface area (Å²) in [4.78, 5) is 0.739. The molecule has 0 aliphatic heterocycles. The van der Waals surface area contributed by atoms with Crippen molar-refractivity contribution in [1.82, 2.24) is 19.8 Å². The van der Waals surface area contributed by atoms with Gasteiger partial charge >= 0.3 is 0 Å². The largest absolute Gasteiger partial charge is 0.493 e. The maximum Gasteiger partial charge on any atom is 0.234 e. The van der Waals surface area contributed by atoms with Crippen LogP contribution in [0.4, 0.5) is 0 Å². The maximum atomic E-state index is 6.12. The first-order valence-corrected chi connectivity index (χ1v) is 10.0. The lowest BCUT2D eigenvalue weighted by molar-refractivity contribution is 0.354. The third-order valence-corrected chi connectivity index (χ3v) is 5.99. The molecule has 4 rings (SSSR count). The van der Waals surface area contributed by atoms with Crippen LogP contribution in [0.15, 0.2) is 36.4 Å². The number of hydrogen-bond acceptors (Lipinski definition) is 6. The van der Waals surface area contributed by atoms with Crippen molar-refractivity contribution in [2.75, 3.05) is 14.2 Å². The summed E-state index contributed by atoms with van der Waals surface area (Å²) in [6.45, 7) is 0. The predicted molar refractivity (Wildman–Crippen MR) is 111 cm³/mol. The Bertz CT molecular complexity index is 1140. The molecular weight excluding hydrogens is 419 g/mol. The lowest BCUT2D eigenvalue weighted by atomic mass is 10.1. The smallest absolute Gasteiger partial charge is 0.234 e. The van der Waals surface area contributed by atoms with Crippen molar-refractivity contribution in [1.29, 1.82) is 0 Å². The van der Waals surface area contributed by atoms with Crippen molar-refractivity contribution in [3.63, 3.8) is 0 Å². The van der Waals surface area contributed by atoms with E-state index in [1.807, 2.05) is 24.3 Å². The second kappa shape index (κ2) is 7.95. The van der Waals surface area contributed by atoms with Crippen molar-refractivity contribution < 1.29 is 9.47 Å². The number of fused-ring (bicyclic) bond motifs is 1. The summed E-state index contributed by atoms with van der Waals surface area (Å²) < 4.78 is 12.4. The van der Waals surface area contributed by atoms with Gasteiger partial charge < -0.3 is 9.47 Å². The van der Waals surface area contributed by atoms with Gasteiger partial charge in [-0.3, -0.25) is 0 Å².